The van der Waals surface area contributed by atoms with Crippen molar-refractivity contribution in [1.82, 2.24) is 14.7 Å². The molecular weight excluding hydrogens is 400 g/mol. The van der Waals surface area contributed by atoms with Crippen LogP contribution in [0.4, 0.5) is 13.6 Å². The molecule has 1 aromatic heterocycles. The highest BCUT2D eigenvalue weighted by Gasteiger charge is 2.37. The summed E-state index contributed by atoms with van der Waals surface area (Å²) in [5.41, 5.74) is 1.13. The number of nitrogens with zero attached hydrogens (tertiary/aromatic N) is 3. The Morgan fingerprint density at radius 2 is 1.90 bits per heavy atom. The van der Waals surface area contributed by atoms with Crippen molar-refractivity contribution in [3.8, 4) is 11.8 Å². The Morgan fingerprint density at radius 3 is 2.58 bits per heavy atom. The van der Waals surface area contributed by atoms with Gasteiger partial charge in [0.15, 0.2) is 0 Å². The number of fused-ring (bicyclic) bond motifs is 1. The molecular formula is C24H23F2N3O2. The lowest BCUT2D eigenvalue weighted by molar-refractivity contribution is 0.00793. The molecule has 160 valence electrons. The first-order chi connectivity index (χ1) is 14.7. The summed E-state index contributed by atoms with van der Waals surface area (Å²) in [6, 6.07) is 11.6. The Balaban J connectivity index is 1.59. The Kier molecular flexibility index (Phi) is 5.40. The maximum atomic E-state index is 14.7. The van der Waals surface area contributed by atoms with Gasteiger partial charge in [-0.3, -0.25) is 4.68 Å². The molecule has 0 radical (unpaired) electrons. The third kappa shape index (κ3) is 4.53. The molecule has 0 saturated carbocycles. The van der Waals surface area contributed by atoms with Crippen molar-refractivity contribution in [3.63, 3.8) is 0 Å². The maximum absolute atomic E-state index is 14.7. The lowest BCUT2D eigenvalue weighted by Gasteiger charge is -2.39. The van der Waals surface area contributed by atoms with Crippen LogP contribution in [-0.2, 0) is 11.3 Å². The molecule has 0 atom stereocenters. The molecule has 1 saturated heterocycles. The Hall–Kier alpha value is -3.40. The molecule has 7 heteroatoms. The standard InChI is InChI=1S/C24H23F2N3O2/c1-24(2,3)31-23(30)28-14-17(15-28)22-21-19(26)12-18(25)13-20(21)29(27-22)11-7-10-16-8-5-4-6-9-16/h4-6,8-9,12-13,17H,11,14-15H2,1-3H3. The van der Waals surface area contributed by atoms with Crippen molar-refractivity contribution in [2.75, 3.05) is 13.1 Å². The second-order valence-electron chi connectivity index (χ2n) is 8.57. The molecule has 1 fully saturated rings. The smallest absolute Gasteiger partial charge is 0.410 e. The molecule has 0 bridgehead atoms. The average molecular weight is 423 g/mol. The molecule has 1 aliphatic rings. The third-order valence-electron chi connectivity index (χ3n) is 4.95. The molecule has 0 aliphatic carbocycles. The second kappa shape index (κ2) is 8.03. The van der Waals surface area contributed by atoms with E-state index in [1.54, 1.807) is 25.7 Å². The van der Waals surface area contributed by atoms with Gasteiger partial charge in [0, 0.05) is 36.7 Å². The van der Waals surface area contributed by atoms with E-state index in [4.69, 9.17) is 4.74 Å². The summed E-state index contributed by atoms with van der Waals surface area (Å²) in [6.07, 6.45) is -0.410. The molecule has 3 aromatic rings. The van der Waals surface area contributed by atoms with E-state index in [0.717, 1.165) is 11.6 Å². The first-order valence-electron chi connectivity index (χ1n) is 10.1. The van der Waals surface area contributed by atoms with Gasteiger partial charge in [-0.25, -0.2) is 13.6 Å². The highest BCUT2D eigenvalue weighted by molar-refractivity contribution is 5.84. The van der Waals surface area contributed by atoms with Gasteiger partial charge in [0.05, 0.1) is 16.6 Å². The molecule has 31 heavy (non-hydrogen) atoms. The van der Waals surface area contributed by atoms with Crippen LogP contribution >= 0.6 is 0 Å². The fourth-order valence-electron chi connectivity index (χ4n) is 3.52. The molecule has 4 rings (SSSR count). The summed E-state index contributed by atoms with van der Waals surface area (Å²) < 4.78 is 35.5. The molecule has 5 nitrogen and oxygen atoms in total. The van der Waals surface area contributed by atoms with Crippen LogP contribution in [0.5, 0.6) is 0 Å². The molecule has 1 amide bonds. The number of amides is 1. The number of rotatable bonds is 2. The number of aromatic nitrogens is 2. The van der Waals surface area contributed by atoms with Gasteiger partial charge in [0.1, 0.15) is 23.8 Å². The second-order valence-corrected chi connectivity index (χ2v) is 8.57. The fraction of sp³-hybridized carbons (Fsp3) is 0.333. The molecule has 0 spiro atoms. The Bertz CT molecular complexity index is 1180. The average Bonchev–Trinajstić information content (AvgIpc) is 2.98. The van der Waals surface area contributed by atoms with Gasteiger partial charge in [0.25, 0.3) is 0 Å². The van der Waals surface area contributed by atoms with Crippen LogP contribution in [0.25, 0.3) is 10.9 Å². The normalized spacial score (nSPS) is 14.2. The van der Waals surface area contributed by atoms with Gasteiger partial charge >= 0.3 is 6.09 Å². The van der Waals surface area contributed by atoms with Crippen LogP contribution in [0.15, 0.2) is 42.5 Å². The highest BCUT2D eigenvalue weighted by atomic mass is 19.1. The van der Waals surface area contributed by atoms with E-state index in [0.29, 0.717) is 24.3 Å². The summed E-state index contributed by atoms with van der Waals surface area (Å²) in [5, 5.41) is 4.82. The minimum Gasteiger partial charge on any atom is -0.444 e. The van der Waals surface area contributed by atoms with Crippen LogP contribution in [0.3, 0.4) is 0 Å². The van der Waals surface area contributed by atoms with Crippen molar-refractivity contribution >= 4 is 17.0 Å². The minimum atomic E-state index is -0.669. The van der Waals surface area contributed by atoms with E-state index in [1.807, 2.05) is 30.3 Å². The van der Waals surface area contributed by atoms with Gasteiger partial charge in [0.2, 0.25) is 0 Å². The zero-order chi connectivity index (χ0) is 22.2. The van der Waals surface area contributed by atoms with Crippen LogP contribution in [0.1, 0.15) is 37.9 Å². The summed E-state index contributed by atoms with van der Waals surface area (Å²) in [5.74, 6) is 4.55. The summed E-state index contributed by atoms with van der Waals surface area (Å²) in [7, 11) is 0. The van der Waals surface area contributed by atoms with Crippen molar-refractivity contribution in [3.05, 3.63) is 65.4 Å². The number of carbonyl (C=O) groups is 1. The lowest BCUT2D eigenvalue weighted by atomic mass is 9.94. The Labute approximate surface area is 179 Å². The van der Waals surface area contributed by atoms with Crippen molar-refractivity contribution in [2.45, 2.75) is 38.8 Å². The predicted octanol–water partition coefficient (Wildman–Crippen LogP) is 4.70. The molecule has 2 heterocycles. The van der Waals surface area contributed by atoms with Gasteiger partial charge in [-0.15, -0.1) is 0 Å². The fourth-order valence-corrected chi connectivity index (χ4v) is 3.52. The summed E-state index contributed by atoms with van der Waals surface area (Å²) in [6.45, 7) is 6.34. The summed E-state index contributed by atoms with van der Waals surface area (Å²) >= 11 is 0. The van der Waals surface area contributed by atoms with E-state index >= 15 is 0 Å². The lowest BCUT2D eigenvalue weighted by Crippen LogP contribution is -2.50. The number of ether oxygens (including phenoxy) is 1. The van der Waals surface area contributed by atoms with Crippen molar-refractivity contribution in [1.29, 1.82) is 0 Å². The van der Waals surface area contributed by atoms with Gasteiger partial charge in [-0.05, 0) is 32.9 Å². The van der Waals surface area contributed by atoms with Crippen molar-refractivity contribution in [2.24, 2.45) is 0 Å². The van der Waals surface area contributed by atoms with Crippen LogP contribution in [0.2, 0.25) is 0 Å². The van der Waals surface area contributed by atoms with Gasteiger partial charge in [-0.1, -0.05) is 30.0 Å². The van der Waals surface area contributed by atoms with E-state index in [-0.39, 0.29) is 17.8 Å². The zero-order valence-electron chi connectivity index (χ0n) is 17.7. The summed E-state index contributed by atoms with van der Waals surface area (Å²) in [4.78, 5) is 13.8. The molecule has 0 unspecified atom stereocenters. The first kappa shape index (κ1) is 20.9. The predicted molar refractivity (Wildman–Crippen MR) is 114 cm³/mol. The largest absolute Gasteiger partial charge is 0.444 e. The van der Waals surface area contributed by atoms with Gasteiger partial charge < -0.3 is 9.64 Å². The SMILES string of the molecule is CC(C)(C)OC(=O)N1CC(c2nn(CC#Cc3ccccc3)c3cc(F)cc(F)c23)C1. The van der Waals surface area contributed by atoms with Crippen LogP contribution < -0.4 is 0 Å². The minimum absolute atomic E-state index is 0.154. The van der Waals surface area contributed by atoms with E-state index in [9.17, 15) is 13.6 Å². The number of carbonyl (C=O) groups excluding carboxylic acids is 1. The van der Waals surface area contributed by atoms with E-state index in [2.05, 4.69) is 16.9 Å². The zero-order valence-corrected chi connectivity index (χ0v) is 17.7. The van der Waals surface area contributed by atoms with Crippen molar-refractivity contribution < 1.29 is 18.3 Å². The Morgan fingerprint density at radius 1 is 1.19 bits per heavy atom. The molecule has 0 N–H and O–H groups in total. The number of hydrogen-bond acceptors (Lipinski definition) is 3. The molecule has 1 aliphatic heterocycles. The molecule has 2 aromatic carbocycles. The first-order valence-corrected chi connectivity index (χ1v) is 10.1. The maximum Gasteiger partial charge on any atom is 0.410 e. The van der Waals surface area contributed by atoms with E-state index < -0.39 is 23.3 Å². The van der Waals surface area contributed by atoms with Crippen LogP contribution in [-0.4, -0.2) is 39.5 Å². The van der Waals surface area contributed by atoms with Crippen LogP contribution in [0, 0.1) is 23.5 Å². The monoisotopic (exact) mass is 423 g/mol. The van der Waals surface area contributed by atoms with Gasteiger partial charge in [-0.2, -0.15) is 5.10 Å². The third-order valence-corrected chi connectivity index (χ3v) is 4.95. The highest BCUT2D eigenvalue weighted by Crippen LogP contribution is 2.34. The number of likely N-dealkylation sites (tertiary alicyclic amines) is 1. The van der Waals surface area contributed by atoms with E-state index in [1.165, 1.54) is 10.7 Å². The number of halogens is 2. The quantitative estimate of drug-likeness (QED) is 0.562. The number of benzene rings is 2. The number of hydrogen-bond donors (Lipinski definition) is 0. The topological polar surface area (TPSA) is 47.4 Å².